The molecule has 2 aromatic carbocycles. The van der Waals surface area contributed by atoms with Crippen LogP contribution in [-0.4, -0.2) is 25.0 Å². The summed E-state index contributed by atoms with van der Waals surface area (Å²) in [5, 5.41) is 3.09. The molecule has 3 nitrogen and oxygen atoms in total. The summed E-state index contributed by atoms with van der Waals surface area (Å²) < 4.78 is 14.2. The number of amides is 1. The van der Waals surface area contributed by atoms with Gasteiger partial charge in [0.2, 0.25) is 0 Å². The van der Waals surface area contributed by atoms with Crippen LogP contribution >= 0.6 is 15.9 Å². The van der Waals surface area contributed by atoms with E-state index in [1.807, 2.05) is 30.3 Å². The van der Waals surface area contributed by atoms with Gasteiger partial charge in [-0.1, -0.05) is 28.1 Å². The first-order valence-corrected chi connectivity index (χ1v) is 8.48. The Labute approximate surface area is 143 Å². The minimum Gasteiger partial charge on any atom is -0.371 e. The summed E-state index contributed by atoms with van der Waals surface area (Å²) in [5.74, 6) is -0.261. The Morgan fingerprint density at radius 2 is 1.87 bits per heavy atom. The largest absolute Gasteiger partial charge is 0.371 e. The molecule has 1 aliphatic rings. The van der Waals surface area contributed by atoms with Crippen molar-refractivity contribution in [2.75, 3.05) is 18.0 Å². The van der Waals surface area contributed by atoms with Crippen LogP contribution in [0.4, 0.5) is 10.1 Å². The minimum absolute atomic E-state index is 0.0458. The third-order valence-corrected chi connectivity index (χ3v) is 4.58. The Bertz CT molecular complexity index is 699. The summed E-state index contributed by atoms with van der Waals surface area (Å²) in [4.78, 5) is 14.4. The zero-order valence-electron chi connectivity index (χ0n) is 12.6. The number of piperidine rings is 1. The average Bonchev–Trinajstić information content (AvgIpc) is 2.55. The fourth-order valence-electron chi connectivity index (χ4n) is 2.85. The van der Waals surface area contributed by atoms with Gasteiger partial charge in [0.05, 0.1) is 0 Å². The number of nitrogens with one attached hydrogen (secondary N) is 1. The molecule has 0 saturated carbocycles. The number of carbonyl (C=O) groups is 1. The molecule has 0 aromatic heterocycles. The molecule has 1 aliphatic heterocycles. The van der Waals surface area contributed by atoms with E-state index >= 15 is 0 Å². The van der Waals surface area contributed by atoms with E-state index in [1.54, 1.807) is 12.1 Å². The summed E-state index contributed by atoms with van der Waals surface area (Å²) in [6.45, 7) is 1.62. The first-order valence-electron chi connectivity index (χ1n) is 7.69. The number of rotatable bonds is 3. The van der Waals surface area contributed by atoms with Crippen LogP contribution in [-0.2, 0) is 0 Å². The second-order valence-electron chi connectivity index (χ2n) is 5.73. The molecule has 1 amide bonds. The van der Waals surface area contributed by atoms with Crippen molar-refractivity contribution >= 4 is 27.5 Å². The Balaban J connectivity index is 1.56. The molecule has 23 heavy (non-hydrogen) atoms. The van der Waals surface area contributed by atoms with E-state index in [2.05, 4.69) is 26.1 Å². The second-order valence-corrected chi connectivity index (χ2v) is 6.64. The van der Waals surface area contributed by atoms with Crippen molar-refractivity contribution in [1.82, 2.24) is 5.32 Å². The second kappa shape index (κ2) is 7.13. The smallest absolute Gasteiger partial charge is 0.251 e. The Kier molecular flexibility index (Phi) is 4.96. The van der Waals surface area contributed by atoms with Crippen molar-refractivity contribution in [3.63, 3.8) is 0 Å². The van der Waals surface area contributed by atoms with Crippen LogP contribution in [0.3, 0.4) is 0 Å². The molecule has 0 aliphatic carbocycles. The predicted molar refractivity (Wildman–Crippen MR) is 93.2 cm³/mol. The van der Waals surface area contributed by atoms with E-state index in [1.165, 1.54) is 6.07 Å². The highest BCUT2D eigenvalue weighted by Crippen LogP contribution is 2.21. The maximum Gasteiger partial charge on any atom is 0.251 e. The van der Waals surface area contributed by atoms with E-state index in [9.17, 15) is 9.18 Å². The van der Waals surface area contributed by atoms with E-state index in [-0.39, 0.29) is 17.8 Å². The number of anilines is 1. The normalized spacial score (nSPS) is 15.5. The van der Waals surface area contributed by atoms with E-state index in [4.69, 9.17) is 0 Å². The monoisotopic (exact) mass is 376 g/mol. The molecule has 3 rings (SSSR count). The lowest BCUT2D eigenvalue weighted by Gasteiger charge is -2.34. The molecule has 0 spiro atoms. The molecule has 0 radical (unpaired) electrons. The van der Waals surface area contributed by atoms with E-state index in [0.29, 0.717) is 5.56 Å². The summed E-state index contributed by atoms with van der Waals surface area (Å²) in [7, 11) is 0. The number of hydrogen-bond acceptors (Lipinski definition) is 2. The third-order valence-electron chi connectivity index (χ3n) is 4.09. The molecular weight excluding hydrogens is 359 g/mol. The molecule has 1 N–H and O–H groups in total. The molecule has 2 aromatic rings. The van der Waals surface area contributed by atoms with Crippen LogP contribution in [0, 0.1) is 5.82 Å². The van der Waals surface area contributed by atoms with Gasteiger partial charge in [0.15, 0.2) is 0 Å². The van der Waals surface area contributed by atoms with Gasteiger partial charge in [-0.3, -0.25) is 4.79 Å². The Morgan fingerprint density at radius 3 is 2.57 bits per heavy atom. The van der Waals surface area contributed by atoms with Crippen LogP contribution in [0.25, 0.3) is 0 Å². The fraction of sp³-hybridized carbons (Fsp3) is 0.278. The molecule has 0 atom stereocenters. The van der Waals surface area contributed by atoms with Crippen LogP contribution in [0.2, 0.25) is 0 Å². The molecule has 1 saturated heterocycles. The molecule has 0 bridgehead atoms. The fourth-order valence-corrected chi connectivity index (χ4v) is 3.25. The summed E-state index contributed by atoms with van der Waals surface area (Å²) in [6.07, 6.45) is 1.71. The van der Waals surface area contributed by atoms with Gasteiger partial charge < -0.3 is 10.2 Å². The van der Waals surface area contributed by atoms with Crippen LogP contribution in [0.15, 0.2) is 53.0 Å². The SMILES string of the molecule is O=C(NC1CCN(c2cccc(F)c2)CC1)c1cccc(Br)c1. The molecule has 1 heterocycles. The lowest BCUT2D eigenvalue weighted by atomic mass is 10.0. The third kappa shape index (κ3) is 4.10. The molecule has 0 unspecified atom stereocenters. The van der Waals surface area contributed by atoms with Gasteiger partial charge in [-0.2, -0.15) is 0 Å². The molecular formula is C18H18BrFN2O. The van der Waals surface area contributed by atoms with Gasteiger partial charge in [0.1, 0.15) is 5.82 Å². The number of benzene rings is 2. The lowest BCUT2D eigenvalue weighted by Crippen LogP contribution is -2.44. The van der Waals surface area contributed by atoms with Crippen LogP contribution < -0.4 is 10.2 Å². The number of carbonyl (C=O) groups excluding carboxylic acids is 1. The zero-order valence-corrected chi connectivity index (χ0v) is 14.2. The quantitative estimate of drug-likeness (QED) is 0.878. The van der Waals surface area contributed by atoms with Crippen LogP contribution in [0.5, 0.6) is 0 Å². The van der Waals surface area contributed by atoms with Crippen molar-refractivity contribution in [2.24, 2.45) is 0 Å². The molecule has 120 valence electrons. The standard InChI is InChI=1S/C18H18BrFN2O/c19-14-4-1-3-13(11-14)18(23)21-16-7-9-22(10-8-16)17-6-2-5-15(20)12-17/h1-6,11-12,16H,7-10H2,(H,21,23). The maximum absolute atomic E-state index is 13.3. The highest BCUT2D eigenvalue weighted by atomic mass is 79.9. The number of halogens is 2. The lowest BCUT2D eigenvalue weighted by molar-refractivity contribution is 0.0931. The minimum atomic E-state index is -0.215. The first kappa shape index (κ1) is 16.0. The van der Waals surface area contributed by atoms with Gasteiger partial charge in [-0.25, -0.2) is 4.39 Å². The van der Waals surface area contributed by atoms with Gasteiger partial charge in [-0.05, 0) is 49.2 Å². The Hall–Kier alpha value is -1.88. The van der Waals surface area contributed by atoms with Gasteiger partial charge in [-0.15, -0.1) is 0 Å². The summed E-state index contributed by atoms with van der Waals surface area (Å²) >= 11 is 3.38. The molecule has 5 heteroatoms. The van der Waals surface area contributed by atoms with Crippen molar-refractivity contribution in [3.8, 4) is 0 Å². The highest BCUT2D eigenvalue weighted by Gasteiger charge is 2.21. The number of nitrogens with zero attached hydrogens (tertiary/aromatic N) is 1. The zero-order chi connectivity index (χ0) is 16.2. The van der Waals surface area contributed by atoms with E-state index in [0.717, 1.165) is 36.1 Å². The van der Waals surface area contributed by atoms with Gasteiger partial charge in [0.25, 0.3) is 5.91 Å². The first-order chi connectivity index (χ1) is 11.1. The maximum atomic E-state index is 13.3. The average molecular weight is 377 g/mol. The summed E-state index contributed by atoms with van der Waals surface area (Å²) in [5.41, 5.74) is 1.56. The predicted octanol–water partition coefficient (Wildman–Crippen LogP) is 3.99. The summed E-state index contributed by atoms with van der Waals surface area (Å²) in [6, 6.07) is 14.2. The topological polar surface area (TPSA) is 32.3 Å². The van der Waals surface area contributed by atoms with Gasteiger partial charge in [0, 0.05) is 34.9 Å². The molecule has 1 fully saturated rings. The van der Waals surface area contributed by atoms with Crippen molar-refractivity contribution in [3.05, 3.63) is 64.4 Å². The van der Waals surface area contributed by atoms with Crippen LogP contribution in [0.1, 0.15) is 23.2 Å². The van der Waals surface area contributed by atoms with E-state index < -0.39 is 0 Å². The van der Waals surface area contributed by atoms with Gasteiger partial charge >= 0.3 is 0 Å². The number of hydrogen-bond donors (Lipinski definition) is 1. The van der Waals surface area contributed by atoms with Crippen molar-refractivity contribution in [2.45, 2.75) is 18.9 Å². The van der Waals surface area contributed by atoms with Crippen molar-refractivity contribution < 1.29 is 9.18 Å². The Morgan fingerprint density at radius 1 is 1.13 bits per heavy atom. The highest BCUT2D eigenvalue weighted by molar-refractivity contribution is 9.10. The van der Waals surface area contributed by atoms with Crippen molar-refractivity contribution in [1.29, 1.82) is 0 Å².